The largest absolute Gasteiger partial charge is 0.467 e. The van der Waals surface area contributed by atoms with E-state index in [4.69, 9.17) is 4.74 Å². The standard InChI is InChI=1S/C8H11NO4/c1-3-4-13-8(11)9-5-6(9)7(10)12-2/h3,6H,1,4-5H2,2H3. The second kappa shape index (κ2) is 3.93. The minimum atomic E-state index is -0.504. The van der Waals surface area contributed by atoms with Crippen LogP contribution in [0.3, 0.4) is 0 Å². The Morgan fingerprint density at radius 2 is 2.38 bits per heavy atom. The molecule has 0 spiro atoms. The van der Waals surface area contributed by atoms with E-state index in [1.807, 2.05) is 0 Å². The van der Waals surface area contributed by atoms with Crippen LogP contribution in [0.4, 0.5) is 4.79 Å². The lowest BCUT2D eigenvalue weighted by molar-refractivity contribution is -0.140. The summed E-state index contributed by atoms with van der Waals surface area (Å²) in [6, 6.07) is -0.456. The number of rotatable bonds is 3. The van der Waals surface area contributed by atoms with Gasteiger partial charge < -0.3 is 9.47 Å². The van der Waals surface area contributed by atoms with E-state index < -0.39 is 18.1 Å². The highest BCUT2D eigenvalue weighted by Gasteiger charge is 2.46. The molecule has 72 valence electrons. The lowest BCUT2D eigenvalue weighted by Crippen LogP contribution is -2.20. The van der Waals surface area contributed by atoms with Gasteiger partial charge in [0.1, 0.15) is 6.61 Å². The maximum atomic E-state index is 11.0. The number of carbonyl (C=O) groups is 2. The van der Waals surface area contributed by atoms with Gasteiger partial charge in [-0.25, -0.2) is 9.59 Å². The van der Waals surface area contributed by atoms with Crippen LogP contribution in [0.25, 0.3) is 0 Å². The van der Waals surface area contributed by atoms with Crippen molar-refractivity contribution in [2.45, 2.75) is 6.04 Å². The summed E-state index contributed by atoms with van der Waals surface area (Å²) in [6.07, 6.45) is 0.962. The van der Waals surface area contributed by atoms with Crippen LogP contribution in [-0.4, -0.2) is 43.3 Å². The molecule has 5 heteroatoms. The fourth-order valence-electron chi connectivity index (χ4n) is 0.892. The highest BCUT2D eigenvalue weighted by Crippen LogP contribution is 2.19. The summed E-state index contributed by atoms with van der Waals surface area (Å²) in [5, 5.41) is 0. The van der Waals surface area contributed by atoms with Crippen LogP contribution in [0.5, 0.6) is 0 Å². The molecule has 1 atom stereocenters. The Morgan fingerprint density at radius 3 is 2.92 bits per heavy atom. The predicted octanol–water partition coefficient (Wildman–Crippen LogP) is 0.166. The first kappa shape index (κ1) is 9.57. The molecule has 0 aliphatic carbocycles. The molecule has 1 heterocycles. The number of carbonyl (C=O) groups excluding carboxylic acids is 2. The van der Waals surface area contributed by atoms with Crippen LogP contribution in [0.15, 0.2) is 12.7 Å². The second-order valence-corrected chi connectivity index (χ2v) is 2.56. The van der Waals surface area contributed by atoms with Gasteiger partial charge >= 0.3 is 12.1 Å². The van der Waals surface area contributed by atoms with Crippen molar-refractivity contribution in [3.05, 3.63) is 12.7 Å². The fourth-order valence-corrected chi connectivity index (χ4v) is 0.892. The minimum absolute atomic E-state index is 0.156. The van der Waals surface area contributed by atoms with Crippen LogP contribution in [0.1, 0.15) is 0 Å². The van der Waals surface area contributed by atoms with Crippen LogP contribution >= 0.6 is 0 Å². The Labute approximate surface area is 75.9 Å². The van der Waals surface area contributed by atoms with Gasteiger partial charge in [-0.2, -0.15) is 0 Å². The molecule has 0 aromatic rings. The molecular weight excluding hydrogens is 174 g/mol. The van der Waals surface area contributed by atoms with Crippen molar-refractivity contribution in [3.63, 3.8) is 0 Å². The molecule has 1 unspecified atom stereocenters. The number of amides is 1. The van der Waals surface area contributed by atoms with Crippen molar-refractivity contribution in [1.29, 1.82) is 0 Å². The topological polar surface area (TPSA) is 55.6 Å². The van der Waals surface area contributed by atoms with E-state index in [2.05, 4.69) is 11.3 Å². The highest BCUT2D eigenvalue weighted by atomic mass is 16.6. The van der Waals surface area contributed by atoms with E-state index in [1.54, 1.807) is 0 Å². The second-order valence-electron chi connectivity index (χ2n) is 2.56. The van der Waals surface area contributed by atoms with Gasteiger partial charge in [0.15, 0.2) is 6.04 Å². The molecule has 0 saturated carbocycles. The van der Waals surface area contributed by atoms with Crippen molar-refractivity contribution in [3.8, 4) is 0 Å². The van der Waals surface area contributed by atoms with Gasteiger partial charge in [0.2, 0.25) is 0 Å². The summed E-state index contributed by atoms with van der Waals surface area (Å²) < 4.78 is 9.15. The van der Waals surface area contributed by atoms with E-state index in [9.17, 15) is 9.59 Å². The maximum Gasteiger partial charge on any atom is 0.410 e. The lowest BCUT2D eigenvalue weighted by atomic mass is 10.5. The summed E-state index contributed by atoms with van der Waals surface area (Å²) in [6.45, 7) is 3.93. The molecule has 1 rings (SSSR count). The van der Waals surface area contributed by atoms with Crippen LogP contribution in [0.2, 0.25) is 0 Å². The Kier molecular flexibility index (Phi) is 2.89. The fraction of sp³-hybridized carbons (Fsp3) is 0.500. The zero-order valence-corrected chi connectivity index (χ0v) is 7.36. The third-order valence-electron chi connectivity index (χ3n) is 1.64. The summed E-state index contributed by atoms with van der Waals surface area (Å²) in [4.78, 5) is 23.2. The van der Waals surface area contributed by atoms with E-state index >= 15 is 0 Å². The molecule has 13 heavy (non-hydrogen) atoms. The Balaban J connectivity index is 2.29. The smallest absolute Gasteiger partial charge is 0.410 e. The van der Waals surface area contributed by atoms with E-state index in [-0.39, 0.29) is 6.61 Å². The molecule has 0 aromatic heterocycles. The molecule has 1 aliphatic rings. The number of esters is 1. The van der Waals surface area contributed by atoms with Gasteiger partial charge in [-0.05, 0) is 0 Å². The van der Waals surface area contributed by atoms with Gasteiger partial charge in [-0.15, -0.1) is 0 Å². The normalized spacial score (nSPS) is 19.2. The SMILES string of the molecule is C=CCOC(=O)N1CC1C(=O)OC. The van der Waals surface area contributed by atoms with Crippen LogP contribution in [0, 0.1) is 0 Å². The molecular formula is C8H11NO4. The summed E-state index contributed by atoms with van der Waals surface area (Å²) in [5.74, 6) is -0.407. The van der Waals surface area contributed by atoms with Gasteiger partial charge in [0.05, 0.1) is 13.7 Å². The van der Waals surface area contributed by atoms with Gasteiger partial charge in [0.25, 0.3) is 0 Å². The minimum Gasteiger partial charge on any atom is -0.467 e. The Bertz CT molecular complexity index is 238. The summed E-state index contributed by atoms with van der Waals surface area (Å²) in [5.41, 5.74) is 0. The Morgan fingerprint density at radius 1 is 1.69 bits per heavy atom. The molecule has 1 saturated heterocycles. The average molecular weight is 185 g/mol. The average Bonchev–Trinajstić information content (AvgIpc) is 2.92. The van der Waals surface area contributed by atoms with E-state index in [0.717, 1.165) is 0 Å². The van der Waals surface area contributed by atoms with E-state index in [1.165, 1.54) is 18.1 Å². The van der Waals surface area contributed by atoms with E-state index in [0.29, 0.717) is 6.54 Å². The van der Waals surface area contributed by atoms with Crippen LogP contribution < -0.4 is 0 Å². The lowest BCUT2D eigenvalue weighted by Gasteiger charge is -2.02. The van der Waals surface area contributed by atoms with Gasteiger partial charge in [0, 0.05) is 0 Å². The predicted molar refractivity (Wildman–Crippen MR) is 44.1 cm³/mol. The molecule has 0 bridgehead atoms. The molecule has 0 aromatic carbocycles. The maximum absolute atomic E-state index is 11.0. The van der Waals surface area contributed by atoms with Crippen molar-refractivity contribution in [2.75, 3.05) is 20.3 Å². The van der Waals surface area contributed by atoms with Crippen molar-refractivity contribution >= 4 is 12.1 Å². The quantitative estimate of drug-likeness (QED) is 0.357. The molecule has 1 aliphatic heterocycles. The Hall–Kier alpha value is -1.52. The third kappa shape index (κ3) is 2.21. The first-order valence-corrected chi connectivity index (χ1v) is 3.82. The van der Waals surface area contributed by atoms with Crippen molar-refractivity contribution < 1.29 is 19.1 Å². The van der Waals surface area contributed by atoms with Gasteiger partial charge in [-0.1, -0.05) is 12.7 Å². The summed E-state index contributed by atoms with van der Waals surface area (Å²) >= 11 is 0. The monoisotopic (exact) mass is 185 g/mol. The first-order chi connectivity index (χ1) is 6.20. The first-order valence-electron chi connectivity index (χ1n) is 3.82. The number of ether oxygens (including phenoxy) is 2. The number of nitrogens with zero attached hydrogens (tertiary/aromatic N) is 1. The number of hydrogen-bond acceptors (Lipinski definition) is 4. The third-order valence-corrected chi connectivity index (χ3v) is 1.64. The highest BCUT2D eigenvalue weighted by molar-refractivity contribution is 5.86. The molecule has 0 N–H and O–H groups in total. The van der Waals surface area contributed by atoms with Crippen molar-refractivity contribution in [2.24, 2.45) is 0 Å². The molecule has 1 amide bonds. The zero-order valence-electron chi connectivity index (χ0n) is 7.36. The van der Waals surface area contributed by atoms with Gasteiger partial charge in [-0.3, -0.25) is 4.90 Å². The molecule has 1 fully saturated rings. The van der Waals surface area contributed by atoms with Crippen LogP contribution in [-0.2, 0) is 14.3 Å². The summed E-state index contributed by atoms with van der Waals surface area (Å²) in [7, 11) is 1.29. The zero-order chi connectivity index (χ0) is 9.84. The van der Waals surface area contributed by atoms with Crippen molar-refractivity contribution in [1.82, 2.24) is 4.90 Å². The number of methoxy groups -OCH3 is 1. The molecule has 5 nitrogen and oxygen atoms in total. The number of hydrogen-bond donors (Lipinski definition) is 0. The molecule has 0 radical (unpaired) electrons.